The third-order valence-electron chi connectivity index (χ3n) is 3.40. The second-order valence-electron chi connectivity index (χ2n) is 4.92. The Balaban J connectivity index is 1.96. The summed E-state index contributed by atoms with van der Waals surface area (Å²) >= 11 is 0. The van der Waals surface area contributed by atoms with Gasteiger partial charge in [0.1, 0.15) is 11.3 Å². The number of rotatable bonds is 2. The van der Waals surface area contributed by atoms with Crippen molar-refractivity contribution in [1.82, 2.24) is 4.98 Å². The minimum Gasteiger partial charge on any atom is -0.459 e. The van der Waals surface area contributed by atoms with Gasteiger partial charge in [-0.15, -0.1) is 0 Å². The zero-order chi connectivity index (χ0) is 15.1. The number of hydrogen-bond acceptors (Lipinski definition) is 4. The van der Waals surface area contributed by atoms with E-state index in [4.69, 9.17) is 14.6 Å². The van der Waals surface area contributed by atoms with Crippen LogP contribution in [0.5, 0.6) is 0 Å². The van der Waals surface area contributed by atoms with E-state index in [0.29, 0.717) is 28.4 Å². The van der Waals surface area contributed by atoms with Gasteiger partial charge in [0.15, 0.2) is 11.3 Å². The molecule has 4 rings (SSSR count). The number of nitrogen functional groups attached to an aromatic ring is 1. The highest BCUT2D eigenvalue weighted by Crippen LogP contribution is 2.34. The number of oxazole rings is 1. The Morgan fingerprint density at radius 3 is 2.59 bits per heavy atom. The van der Waals surface area contributed by atoms with Crippen LogP contribution in [-0.2, 0) is 0 Å². The van der Waals surface area contributed by atoms with Crippen molar-refractivity contribution in [2.24, 2.45) is 0 Å². The quantitative estimate of drug-likeness (QED) is 0.554. The molecule has 0 fully saturated rings. The summed E-state index contributed by atoms with van der Waals surface area (Å²) in [7, 11) is 0. The molecule has 2 aromatic carbocycles. The first-order chi connectivity index (χ1) is 10.7. The molecule has 108 valence electrons. The zero-order valence-corrected chi connectivity index (χ0v) is 11.4. The number of nitrogens with two attached hydrogens (primary N) is 1. The molecule has 2 aromatic heterocycles. The molecule has 0 aliphatic heterocycles. The lowest BCUT2D eigenvalue weighted by Crippen LogP contribution is -1.87. The van der Waals surface area contributed by atoms with Crippen LogP contribution in [0.2, 0.25) is 0 Å². The van der Waals surface area contributed by atoms with E-state index >= 15 is 0 Å². The van der Waals surface area contributed by atoms with Gasteiger partial charge in [0.2, 0.25) is 0 Å². The summed E-state index contributed by atoms with van der Waals surface area (Å²) in [6, 6.07) is 13.2. The largest absolute Gasteiger partial charge is 0.459 e. The van der Waals surface area contributed by atoms with Crippen molar-refractivity contribution in [3.63, 3.8) is 0 Å². The van der Waals surface area contributed by atoms with Crippen LogP contribution in [0.15, 0.2) is 63.6 Å². The maximum absolute atomic E-state index is 13.1. The summed E-state index contributed by atoms with van der Waals surface area (Å²) < 4.78 is 24.2. The van der Waals surface area contributed by atoms with Gasteiger partial charge in [-0.1, -0.05) is 12.1 Å². The molecule has 0 aliphatic carbocycles. The van der Waals surface area contributed by atoms with Crippen LogP contribution in [0.3, 0.4) is 0 Å². The van der Waals surface area contributed by atoms with E-state index in [2.05, 4.69) is 4.98 Å². The first-order valence-electron chi connectivity index (χ1n) is 6.70. The van der Waals surface area contributed by atoms with Crippen molar-refractivity contribution in [3.8, 4) is 22.8 Å². The van der Waals surface area contributed by atoms with Crippen LogP contribution in [0.1, 0.15) is 0 Å². The lowest BCUT2D eigenvalue weighted by atomic mass is 10.0. The van der Waals surface area contributed by atoms with E-state index in [-0.39, 0.29) is 5.82 Å². The molecule has 2 heterocycles. The SMILES string of the molecule is Nc1cc(-c2ccc(F)cc2)c2oc(-c3ccco3)nc2c1. The number of nitrogens with zero attached hydrogens (tertiary/aromatic N) is 1. The minimum atomic E-state index is -0.294. The van der Waals surface area contributed by atoms with E-state index in [1.54, 1.807) is 42.7 Å². The smallest absolute Gasteiger partial charge is 0.263 e. The maximum Gasteiger partial charge on any atom is 0.263 e. The molecule has 4 nitrogen and oxygen atoms in total. The average Bonchev–Trinajstić information content (AvgIpc) is 3.15. The Kier molecular flexibility index (Phi) is 2.72. The van der Waals surface area contributed by atoms with Gasteiger partial charge in [0.05, 0.1) is 6.26 Å². The molecule has 22 heavy (non-hydrogen) atoms. The molecule has 0 amide bonds. The van der Waals surface area contributed by atoms with E-state index < -0.39 is 0 Å². The Bertz CT molecular complexity index is 941. The zero-order valence-electron chi connectivity index (χ0n) is 11.4. The van der Waals surface area contributed by atoms with Gasteiger partial charge in [-0.25, -0.2) is 9.37 Å². The number of aromatic nitrogens is 1. The first kappa shape index (κ1) is 12.6. The number of anilines is 1. The molecule has 0 spiro atoms. The van der Waals surface area contributed by atoms with Gasteiger partial charge in [0, 0.05) is 11.3 Å². The standard InChI is InChI=1S/C17H11FN2O2/c18-11-5-3-10(4-6-11)13-8-12(19)9-14-16(13)22-17(20-14)15-2-1-7-21-15/h1-9H,19H2. The molecule has 0 aliphatic rings. The third kappa shape index (κ3) is 2.03. The van der Waals surface area contributed by atoms with Gasteiger partial charge in [-0.05, 0) is 42.0 Å². The molecule has 0 radical (unpaired) electrons. The predicted octanol–water partition coefficient (Wildman–Crippen LogP) is 4.48. The monoisotopic (exact) mass is 294 g/mol. The molecule has 0 atom stereocenters. The summed E-state index contributed by atoms with van der Waals surface area (Å²) in [6.07, 6.45) is 1.56. The normalized spacial score (nSPS) is 11.1. The van der Waals surface area contributed by atoms with Crippen molar-refractivity contribution in [3.05, 3.63) is 60.6 Å². The Hall–Kier alpha value is -3.08. The van der Waals surface area contributed by atoms with Crippen LogP contribution in [0, 0.1) is 5.82 Å². The fraction of sp³-hybridized carbons (Fsp3) is 0. The highest BCUT2D eigenvalue weighted by atomic mass is 19.1. The van der Waals surface area contributed by atoms with E-state index in [9.17, 15) is 4.39 Å². The summed E-state index contributed by atoms with van der Waals surface area (Å²) in [5.74, 6) is 0.631. The van der Waals surface area contributed by atoms with E-state index in [1.165, 1.54) is 12.1 Å². The fourth-order valence-electron chi connectivity index (χ4n) is 2.40. The van der Waals surface area contributed by atoms with E-state index in [1.807, 2.05) is 0 Å². The van der Waals surface area contributed by atoms with E-state index in [0.717, 1.165) is 11.1 Å². The lowest BCUT2D eigenvalue weighted by molar-refractivity contribution is 0.535. The molecule has 0 unspecified atom stereocenters. The molecule has 0 saturated heterocycles. The van der Waals surface area contributed by atoms with Gasteiger partial charge < -0.3 is 14.6 Å². The molecule has 0 bridgehead atoms. The lowest BCUT2D eigenvalue weighted by Gasteiger charge is -2.03. The number of hydrogen-bond donors (Lipinski definition) is 1. The molecule has 4 aromatic rings. The maximum atomic E-state index is 13.1. The summed E-state index contributed by atoms with van der Waals surface area (Å²) in [4.78, 5) is 4.41. The minimum absolute atomic E-state index is 0.294. The Morgan fingerprint density at radius 1 is 1.05 bits per heavy atom. The van der Waals surface area contributed by atoms with Crippen molar-refractivity contribution >= 4 is 16.8 Å². The van der Waals surface area contributed by atoms with Crippen LogP contribution in [-0.4, -0.2) is 4.98 Å². The Morgan fingerprint density at radius 2 is 1.86 bits per heavy atom. The van der Waals surface area contributed by atoms with Gasteiger partial charge in [0.25, 0.3) is 5.89 Å². The predicted molar refractivity (Wildman–Crippen MR) is 81.5 cm³/mol. The highest BCUT2D eigenvalue weighted by molar-refractivity contribution is 5.94. The number of fused-ring (bicyclic) bond motifs is 1. The molecule has 5 heteroatoms. The molecule has 2 N–H and O–H groups in total. The number of furan rings is 1. The van der Waals surface area contributed by atoms with Crippen molar-refractivity contribution < 1.29 is 13.2 Å². The number of benzene rings is 2. The average molecular weight is 294 g/mol. The molecular weight excluding hydrogens is 283 g/mol. The van der Waals surface area contributed by atoms with Crippen LogP contribution in [0.25, 0.3) is 33.9 Å². The van der Waals surface area contributed by atoms with Gasteiger partial charge in [-0.3, -0.25) is 0 Å². The highest BCUT2D eigenvalue weighted by Gasteiger charge is 2.15. The third-order valence-corrected chi connectivity index (χ3v) is 3.40. The molecular formula is C17H11FN2O2. The Labute approximate surface area is 125 Å². The fourth-order valence-corrected chi connectivity index (χ4v) is 2.40. The molecule has 0 saturated carbocycles. The van der Waals surface area contributed by atoms with Crippen molar-refractivity contribution in [2.45, 2.75) is 0 Å². The summed E-state index contributed by atoms with van der Waals surface area (Å²) in [5.41, 5.74) is 9.29. The second kappa shape index (κ2) is 4.73. The van der Waals surface area contributed by atoms with Crippen LogP contribution in [0.4, 0.5) is 10.1 Å². The van der Waals surface area contributed by atoms with Crippen LogP contribution >= 0.6 is 0 Å². The summed E-state index contributed by atoms with van der Waals surface area (Å²) in [6.45, 7) is 0. The summed E-state index contributed by atoms with van der Waals surface area (Å²) in [5, 5.41) is 0. The van der Waals surface area contributed by atoms with Crippen molar-refractivity contribution in [2.75, 3.05) is 5.73 Å². The van der Waals surface area contributed by atoms with Crippen LogP contribution < -0.4 is 5.73 Å². The van der Waals surface area contributed by atoms with Gasteiger partial charge >= 0.3 is 0 Å². The topological polar surface area (TPSA) is 65.2 Å². The van der Waals surface area contributed by atoms with Crippen molar-refractivity contribution in [1.29, 1.82) is 0 Å². The first-order valence-corrected chi connectivity index (χ1v) is 6.70. The second-order valence-corrected chi connectivity index (χ2v) is 4.92. The van der Waals surface area contributed by atoms with Gasteiger partial charge in [-0.2, -0.15) is 0 Å². The number of halogens is 1.